The Morgan fingerprint density at radius 2 is 1.74 bits per heavy atom. The van der Waals surface area contributed by atoms with Crippen molar-refractivity contribution in [2.24, 2.45) is 17.6 Å². The summed E-state index contributed by atoms with van der Waals surface area (Å²) < 4.78 is 0.875. The first-order chi connectivity index (χ1) is 18.3. The van der Waals surface area contributed by atoms with Crippen molar-refractivity contribution in [3.8, 4) is 16.9 Å². The zero-order chi connectivity index (χ0) is 28.5. The van der Waals surface area contributed by atoms with E-state index >= 15 is 0 Å². The van der Waals surface area contributed by atoms with E-state index in [2.05, 4.69) is 29.2 Å². The number of halogens is 1. The van der Waals surface area contributed by atoms with Crippen LogP contribution in [0.2, 0.25) is 0 Å². The summed E-state index contributed by atoms with van der Waals surface area (Å²) in [5, 5.41) is 44.8. The number of amides is 1. The van der Waals surface area contributed by atoms with E-state index in [4.69, 9.17) is 5.73 Å². The number of aliphatic hydroxyl groups is 3. The van der Waals surface area contributed by atoms with Crippen LogP contribution in [0.15, 0.2) is 59.9 Å². The number of hydrogen-bond acceptors (Lipinski definition) is 8. The third-order valence-electron chi connectivity index (χ3n) is 8.11. The van der Waals surface area contributed by atoms with Crippen molar-refractivity contribution < 1.29 is 34.8 Å². The van der Waals surface area contributed by atoms with Crippen LogP contribution in [0.25, 0.3) is 20.5 Å². The van der Waals surface area contributed by atoms with Crippen LogP contribution in [0.4, 0.5) is 0 Å². The molecule has 3 aliphatic carbocycles. The van der Waals surface area contributed by atoms with E-state index in [1.165, 1.54) is 11.0 Å². The van der Waals surface area contributed by atoms with Gasteiger partial charge >= 0.3 is 0 Å². The maximum Gasteiger partial charge on any atom is 0.255 e. The maximum atomic E-state index is 13.9. The van der Waals surface area contributed by atoms with Gasteiger partial charge in [-0.25, -0.2) is 0 Å². The summed E-state index contributed by atoms with van der Waals surface area (Å²) in [6.07, 6.45) is 0.257. The number of aliphatic hydroxyl groups excluding tert-OH is 2. The number of aromatic hydroxyl groups is 1. The van der Waals surface area contributed by atoms with E-state index in [0.29, 0.717) is 5.56 Å². The van der Waals surface area contributed by atoms with Crippen molar-refractivity contribution in [1.82, 2.24) is 4.90 Å². The fraction of sp³-hybridized carbons (Fsp3) is 0.276. The number of primary amides is 1. The molecule has 5 rings (SSSR count). The summed E-state index contributed by atoms with van der Waals surface area (Å²) in [4.78, 5) is 40.7. The monoisotopic (exact) mass is 642 g/mol. The number of nitrogens with zero attached hydrogens (tertiary/aromatic N) is 1. The molecule has 2 unspecified atom stereocenters. The number of benzene rings is 2. The summed E-state index contributed by atoms with van der Waals surface area (Å²) in [5.74, 6) is -6.70. The van der Waals surface area contributed by atoms with Crippen molar-refractivity contribution in [2.45, 2.75) is 24.5 Å². The minimum Gasteiger partial charge on any atom is -0.508 e. The molecule has 0 aliphatic heterocycles. The Morgan fingerprint density at radius 3 is 2.31 bits per heavy atom. The molecule has 3 aliphatic rings. The van der Waals surface area contributed by atoms with Crippen molar-refractivity contribution in [3.63, 3.8) is 0 Å². The van der Waals surface area contributed by atoms with Crippen LogP contribution in [0.5, 0.6) is 5.75 Å². The molecule has 4 atom stereocenters. The Bertz CT molecular complexity index is 1540. The lowest BCUT2D eigenvalue weighted by atomic mass is 9.57. The van der Waals surface area contributed by atoms with Crippen LogP contribution >= 0.6 is 22.6 Å². The molecule has 1 saturated carbocycles. The van der Waals surface area contributed by atoms with Crippen LogP contribution in [-0.4, -0.2) is 68.5 Å². The molecule has 10 heteroatoms. The first-order valence-electron chi connectivity index (χ1n) is 12.3. The zero-order valence-electron chi connectivity index (χ0n) is 21.2. The number of nitrogens with two attached hydrogens (primary N) is 1. The molecule has 202 valence electrons. The Balaban J connectivity index is 1.71. The highest BCUT2D eigenvalue weighted by Crippen LogP contribution is 2.53. The van der Waals surface area contributed by atoms with Crippen LogP contribution < -0.4 is 5.73 Å². The van der Waals surface area contributed by atoms with E-state index in [-0.39, 0.29) is 29.7 Å². The number of phenols is 1. The quantitative estimate of drug-likeness (QED) is 0.251. The molecule has 0 radical (unpaired) electrons. The van der Waals surface area contributed by atoms with Crippen molar-refractivity contribution in [2.75, 3.05) is 14.1 Å². The molecule has 1 fully saturated rings. The van der Waals surface area contributed by atoms with Crippen LogP contribution in [0, 0.1) is 11.8 Å². The number of hydrogen-bond donors (Lipinski definition) is 5. The highest BCUT2D eigenvalue weighted by molar-refractivity contribution is 14.1. The molecular weight excluding hydrogens is 615 g/mol. The second kappa shape index (κ2) is 9.32. The van der Waals surface area contributed by atoms with Crippen LogP contribution in [0.3, 0.4) is 0 Å². The lowest BCUT2D eigenvalue weighted by Gasteiger charge is -2.50. The number of likely N-dealkylation sites (N-methyl/N-ethyl adjacent to an activating group) is 1. The van der Waals surface area contributed by atoms with Gasteiger partial charge in [0.25, 0.3) is 5.91 Å². The van der Waals surface area contributed by atoms with Crippen molar-refractivity contribution in [3.05, 3.63) is 76.6 Å². The molecule has 0 bridgehead atoms. The lowest BCUT2D eigenvalue weighted by molar-refractivity contribution is -0.153. The molecule has 0 aromatic heterocycles. The normalized spacial score (nSPS) is 26.3. The van der Waals surface area contributed by atoms with Gasteiger partial charge in [0.05, 0.1) is 11.6 Å². The number of fused-ring (bicyclic) bond motifs is 3. The van der Waals surface area contributed by atoms with Crippen molar-refractivity contribution >= 4 is 49.4 Å². The standard InChI is InChI=1S/C29H27IN2O7/c1-12(30)13-4-6-14(7-5-13)16-8-9-19(33)21-17(16)10-15-11-18-23(32(2)3)25(35)22(28(31)38)27(37)29(18,39)26(36)20(15)24(21)34/h4-9,15,18,23,33-34,37,39H,1,10-11H2,2-3H3,(H2,31,38)/t15?,18?,23-,29-/m0/s1. The van der Waals surface area contributed by atoms with Gasteiger partial charge in [0.1, 0.15) is 22.8 Å². The second-order valence-electron chi connectivity index (χ2n) is 10.4. The fourth-order valence-corrected chi connectivity index (χ4v) is 6.70. The number of Topliss-reactive ketones (excluding diaryl/α,β-unsaturated/α-hetero) is 2. The van der Waals surface area contributed by atoms with Gasteiger partial charge in [0, 0.05) is 15.1 Å². The third kappa shape index (κ3) is 3.84. The molecule has 9 nitrogen and oxygen atoms in total. The van der Waals surface area contributed by atoms with Gasteiger partial charge in [-0.15, -0.1) is 0 Å². The third-order valence-corrected chi connectivity index (χ3v) is 8.74. The van der Waals surface area contributed by atoms with Crippen molar-refractivity contribution in [1.29, 1.82) is 0 Å². The Morgan fingerprint density at radius 1 is 1.10 bits per heavy atom. The first-order valence-corrected chi connectivity index (χ1v) is 13.3. The lowest BCUT2D eigenvalue weighted by Crippen LogP contribution is -2.65. The van der Waals surface area contributed by atoms with E-state index in [1.807, 2.05) is 24.3 Å². The van der Waals surface area contributed by atoms with Gasteiger partial charge in [0.15, 0.2) is 11.4 Å². The number of ketones is 2. The number of carbonyl (C=O) groups is 3. The molecule has 39 heavy (non-hydrogen) atoms. The summed E-state index contributed by atoms with van der Waals surface area (Å²) in [7, 11) is 3.13. The Labute approximate surface area is 238 Å². The molecule has 0 saturated heterocycles. The van der Waals surface area contributed by atoms with Crippen LogP contribution in [-0.2, 0) is 20.8 Å². The molecular formula is C29H27IN2O7. The average molecular weight is 642 g/mol. The van der Waals surface area contributed by atoms with Gasteiger partial charge in [-0.2, -0.15) is 0 Å². The van der Waals surface area contributed by atoms with E-state index < -0.39 is 58.0 Å². The van der Waals surface area contributed by atoms with Gasteiger partial charge in [-0.1, -0.05) is 36.9 Å². The van der Waals surface area contributed by atoms with E-state index in [0.717, 1.165) is 20.3 Å². The minimum atomic E-state index is -2.66. The average Bonchev–Trinajstić information content (AvgIpc) is 2.86. The summed E-state index contributed by atoms with van der Waals surface area (Å²) in [5.41, 5.74) is 4.89. The molecule has 1 amide bonds. The van der Waals surface area contributed by atoms with E-state index in [1.54, 1.807) is 20.2 Å². The summed E-state index contributed by atoms with van der Waals surface area (Å²) in [6, 6.07) is 9.68. The SMILES string of the molecule is C=C(I)c1ccc(-c2ccc(O)c3c2CC2CC4[C@H](N(C)C)C(=O)C(C(N)=O)=C(O)[C@@]4(O)C(=O)C2=C3O)cc1. The van der Waals surface area contributed by atoms with Gasteiger partial charge < -0.3 is 26.2 Å². The molecule has 2 aromatic carbocycles. The largest absolute Gasteiger partial charge is 0.508 e. The number of rotatable bonds is 4. The second-order valence-corrected chi connectivity index (χ2v) is 11.7. The summed E-state index contributed by atoms with van der Waals surface area (Å²) in [6.45, 7) is 3.94. The van der Waals surface area contributed by atoms with Gasteiger partial charge in [-0.05, 0) is 83.8 Å². The highest BCUT2D eigenvalue weighted by Gasteiger charge is 2.64. The zero-order valence-corrected chi connectivity index (χ0v) is 23.4. The molecule has 0 spiro atoms. The fourth-order valence-electron chi connectivity index (χ4n) is 6.35. The molecule has 6 N–H and O–H groups in total. The van der Waals surface area contributed by atoms with Gasteiger partial charge in [-0.3, -0.25) is 19.3 Å². The summed E-state index contributed by atoms with van der Waals surface area (Å²) >= 11 is 2.14. The highest BCUT2D eigenvalue weighted by atomic mass is 127. The maximum absolute atomic E-state index is 13.9. The Kier molecular flexibility index (Phi) is 6.47. The Hall–Kier alpha value is -3.48. The molecule has 0 heterocycles. The van der Waals surface area contributed by atoms with Gasteiger partial charge in [0.2, 0.25) is 5.78 Å². The number of carbonyl (C=O) groups excluding carboxylic acids is 3. The minimum absolute atomic E-state index is 0.0362. The molecule has 2 aromatic rings. The first kappa shape index (κ1) is 27.1. The predicted molar refractivity (Wildman–Crippen MR) is 153 cm³/mol. The topological polar surface area (TPSA) is 161 Å². The van der Waals surface area contributed by atoms with E-state index in [9.17, 15) is 34.8 Å². The predicted octanol–water partition coefficient (Wildman–Crippen LogP) is 3.04. The van der Waals surface area contributed by atoms with Crippen LogP contribution in [0.1, 0.15) is 23.1 Å². The smallest absolute Gasteiger partial charge is 0.255 e. The number of phenolic OH excluding ortho intramolecular Hbond substituents is 1.